The zero-order valence-electron chi connectivity index (χ0n) is 34.1. The highest BCUT2D eigenvalue weighted by molar-refractivity contribution is 5.82. The Hall–Kier alpha value is -4.58. The van der Waals surface area contributed by atoms with Crippen molar-refractivity contribution >= 4 is 11.9 Å². The summed E-state index contributed by atoms with van der Waals surface area (Å²) in [4.78, 5) is 26.9. The van der Waals surface area contributed by atoms with Crippen LogP contribution in [0.5, 0.6) is 23.0 Å². The molecule has 6 nitrogen and oxygen atoms in total. The lowest BCUT2D eigenvalue weighted by atomic mass is 9.65. The summed E-state index contributed by atoms with van der Waals surface area (Å²) in [7, 11) is 0. The van der Waals surface area contributed by atoms with E-state index >= 15 is 0 Å². The van der Waals surface area contributed by atoms with Crippen molar-refractivity contribution in [3.05, 3.63) is 119 Å². The lowest BCUT2D eigenvalue weighted by Crippen LogP contribution is -2.44. The van der Waals surface area contributed by atoms with Crippen LogP contribution in [0.1, 0.15) is 136 Å². The molecule has 2 atom stereocenters. The molecular weight excluding hydrogens is 673 g/mol. The van der Waals surface area contributed by atoms with Crippen molar-refractivity contribution in [2.75, 3.05) is 0 Å². The van der Waals surface area contributed by atoms with Gasteiger partial charge in [0.25, 0.3) is 0 Å². The van der Waals surface area contributed by atoms with Crippen LogP contribution >= 0.6 is 0 Å². The molecule has 1 aliphatic rings. The fraction of sp³-hybridized carbons (Fsp3) is 0.458. The predicted molar refractivity (Wildman–Crippen MR) is 217 cm³/mol. The van der Waals surface area contributed by atoms with Crippen molar-refractivity contribution in [1.82, 2.24) is 0 Å². The van der Waals surface area contributed by atoms with E-state index in [2.05, 4.69) is 65.8 Å². The van der Waals surface area contributed by atoms with E-state index in [4.69, 9.17) is 18.9 Å². The highest BCUT2D eigenvalue weighted by Gasteiger charge is 2.39. The quantitative estimate of drug-likeness (QED) is 0.107. The first-order valence-electron chi connectivity index (χ1n) is 19.7. The van der Waals surface area contributed by atoms with Crippen LogP contribution < -0.4 is 18.9 Å². The van der Waals surface area contributed by atoms with E-state index in [1.165, 1.54) is 28.7 Å². The van der Waals surface area contributed by atoms with Gasteiger partial charge in [-0.05, 0) is 121 Å². The molecule has 0 aromatic heterocycles. The number of carbonyl (C=O) groups is 2. The molecule has 5 rings (SSSR count). The molecular formula is C48H60O6. The number of rotatable bonds is 12. The summed E-state index contributed by atoms with van der Waals surface area (Å²) >= 11 is 0. The number of esters is 2. The summed E-state index contributed by atoms with van der Waals surface area (Å²) in [6.07, 6.45) is 6.36. The molecule has 0 N–H and O–H groups in total. The molecule has 4 aromatic rings. The number of benzene rings is 4. The second-order valence-electron chi connectivity index (χ2n) is 17.4. The molecule has 6 heteroatoms. The van der Waals surface area contributed by atoms with E-state index in [0.29, 0.717) is 35.8 Å². The van der Waals surface area contributed by atoms with Crippen LogP contribution in [0, 0.1) is 0 Å². The van der Waals surface area contributed by atoms with Gasteiger partial charge in [0.15, 0.2) is 0 Å². The largest absolute Gasteiger partial charge is 0.476 e. The summed E-state index contributed by atoms with van der Waals surface area (Å²) in [5, 5.41) is 0. The molecule has 1 saturated carbocycles. The number of hydrogen-bond acceptors (Lipinski definition) is 6. The summed E-state index contributed by atoms with van der Waals surface area (Å²) in [5.41, 5.74) is 2.31. The monoisotopic (exact) mass is 732 g/mol. The van der Waals surface area contributed by atoms with Gasteiger partial charge in [-0.25, -0.2) is 9.59 Å². The SMILES string of the molecule is CCC(C)(Oc1ccc(C(C)(C)C)cc1)C(=O)Oc1ccc(C2(c3ccc(OC(C)(CC)C(=O)Oc4ccc(C(C)(C)C)cc4)cc3)CCCCC2)cc1. The van der Waals surface area contributed by atoms with Crippen LogP contribution in [0.4, 0.5) is 0 Å². The molecule has 0 amide bonds. The van der Waals surface area contributed by atoms with Crippen molar-refractivity contribution < 1.29 is 28.5 Å². The number of hydrogen-bond donors (Lipinski definition) is 0. The van der Waals surface area contributed by atoms with Crippen LogP contribution in [-0.2, 0) is 25.8 Å². The van der Waals surface area contributed by atoms with Gasteiger partial charge in [-0.3, -0.25) is 0 Å². The predicted octanol–water partition coefficient (Wildman–Crippen LogP) is 11.8. The highest BCUT2D eigenvalue weighted by atomic mass is 16.6. The Morgan fingerprint density at radius 1 is 0.481 bits per heavy atom. The van der Waals surface area contributed by atoms with Gasteiger partial charge in [0.1, 0.15) is 23.0 Å². The van der Waals surface area contributed by atoms with Crippen molar-refractivity contribution in [1.29, 1.82) is 0 Å². The van der Waals surface area contributed by atoms with Crippen LogP contribution in [-0.4, -0.2) is 23.1 Å². The molecule has 0 aliphatic heterocycles. The summed E-state index contributed by atoms with van der Waals surface area (Å²) in [6, 6.07) is 31.7. The molecule has 0 saturated heterocycles. The van der Waals surface area contributed by atoms with Crippen molar-refractivity contribution in [3.63, 3.8) is 0 Å². The first-order chi connectivity index (χ1) is 25.4. The minimum absolute atomic E-state index is 0.0114. The van der Waals surface area contributed by atoms with Crippen molar-refractivity contribution in [3.8, 4) is 23.0 Å². The minimum atomic E-state index is -1.16. The Morgan fingerprint density at radius 3 is 1.13 bits per heavy atom. The standard InChI is InChI=1S/C48H60O6/c1-11-46(9,53-40-28-18-35(19-29-40)45(6,7)8)43(50)52-39-26-20-36(21-27-39)48(32-14-13-15-33-48)37-22-30-41(31-23-37)54-47(10,12-2)42(49)51-38-24-16-34(17-25-38)44(3,4)5/h16-31H,11-15,32-33H2,1-10H3. The molecule has 1 aliphatic carbocycles. The first kappa shape index (κ1) is 40.6. The second kappa shape index (κ2) is 16.0. The fourth-order valence-electron chi connectivity index (χ4n) is 7.10. The topological polar surface area (TPSA) is 71.1 Å². The van der Waals surface area contributed by atoms with E-state index in [0.717, 1.165) is 25.7 Å². The number of carbonyl (C=O) groups excluding carboxylic acids is 2. The molecule has 288 valence electrons. The average molecular weight is 733 g/mol. The Balaban J connectivity index is 1.28. The minimum Gasteiger partial charge on any atom is -0.476 e. The lowest BCUT2D eigenvalue weighted by molar-refractivity contribution is -0.151. The maximum Gasteiger partial charge on any atom is 0.355 e. The summed E-state index contributed by atoms with van der Waals surface area (Å²) in [6.45, 7) is 20.4. The number of ether oxygens (including phenoxy) is 4. The first-order valence-corrected chi connectivity index (χ1v) is 19.7. The summed E-state index contributed by atoms with van der Waals surface area (Å²) in [5.74, 6) is 1.38. The third kappa shape index (κ3) is 9.19. The fourth-order valence-corrected chi connectivity index (χ4v) is 7.10. The van der Waals surface area contributed by atoms with E-state index in [-0.39, 0.29) is 16.2 Å². The van der Waals surface area contributed by atoms with E-state index in [9.17, 15) is 9.59 Å². The molecule has 0 heterocycles. The van der Waals surface area contributed by atoms with Gasteiger partial charge in [-0.2, -0.15) is 0 Å². The maximum atomic E-state index is 13.5. The Kier molecular flexibility index (Phi) is 12.1. The van der Waals surface area contributed by atoms with Crippen LogP contribution in [0.15, 0.2) is 97.1 Å². The Labute approximate surface area is 323 Å². The normalized spacial score (nSPS) is 16.7. The van der Waals surface area contributed by atoms with E-state index in [1.807, 2.05) is 86.6 Å². The second-order valence-corrected chi connectivity index (χ2v) is 17.4. The molecule has 0 radical (unpaired) electrons. The zero-order valence-corrected chi connectivity index (χ0v) is 34.1. The molecule has 2 unspecified atom stereocenters. The van der Waals surface area contributed by atoms with Gasteiger partial charge in [0.2, 0.25) is 11.2 Å². The highest BCUT2D eigenvalue weighted by Crippen LogP contribution is 2.46. The van der Waals surface area contributed by atoms with Crippen LogP contribution in [0.25, 0.3) is 0 Å². The smallest absolute Gasteiger partial charge is 0.355 e. The lowest BCUT2D eigenvalue weighted by Gasteiger charge is -2.39. The molecule has 4 aromatic carbocycles. The van der Waals surface area contributed by atoms with Crippen molar-refractivity contribution in [2.24, 2.45) is 0 Å². The van der Waals surface area contributed by atoms with Gasteiger partial charge in [0.05, 0.1) is 0 Å². The molecule has 1 fully saturated rings. The molecule has 0 spiro atoms. The van der Waals surface area contributed by atoms with Gasteiger partial charge in [-0.15, -0.1) is 0 Å². The van der Waals surface area contributed by atoms with Gasteiger partial charge in [-0.1, -0.05) is 123 Å². The third-order valence-electron chi connectivity index (χ3n) is 11.3. The zero-order chi connectivity index (χ0) is 39.4. The Bertz CT molecular complexity index is 1850. The van der Waals surface area contributed by atoms with Gasteiger partial charge < -0.3 is 18.9 Å². The molecule has 0 bridgehead atoms. The van der Waals surface area contributed by atoms with Gasteiger partial charge >= 0.3 is 11.9 Å². The van der Waals surface area contributed by atoms with Crippen LogP contribution in [0.3, 0.4) is 0 Å². The van der Waals surface area contributed by atoms with Crippen molar-refractivity contribution in [2.45, 2.75) is 142 Å². The van der Waals surface area contributed by atoms with Crippen LogP contribution in [0.2, 0.25) is 0 Å². The third-order valence-corrected chi connectivity index (χ3v) is 11.3. The van der Waals surface area contributed by atoms with E-state index < -0.39 is 23.1 Å². The van der Waals surface area contributed by atoms with E-state index in [1.54, 1.807) is 13.8 Å². The average Bonchev–Trinajstić information content (AvgIpc) is 3.15. The summed E-state index contributed by atoms with van der Waals surface area (Å²) < 4.78 is 24.3. The Morgan fingerprint density at radius 2 is 0.796 bits per heavy atom. The van der Waals surface area contributed by atoms with Gasteiger partial charge in [0, 0.05) is 5.41 Å². The molecule has 54 heavy (non-hydrogen) atoms. The maximum absolute atomic E-state index is 13.5.